The Morgan fingerprint density at radius 3 is 2.83 bits per heavy atom. The van der Waals surface area contributed by atoms with Crippen molar-refractivity contribution < 1.29 is 14.3 Å². The molecule has 0 bridgehead atoms. The van der Waals surface area contributed by atoms with Gasteiger partial charge >= 0.3 is 0 Å². The number of hydrogen-bond donors (Lipinski definition) is 1. The first kappa shape index (κ1) is 19.4. The summed E-state index contributed by atoms with van der Waals surface area (Å²) in [5.74, 6) is 0.753. The van der Waals surface area contributed by atoms with E-state index in [2.05, 4.69) is 15.2 Å². The highest BCUT2D eigenvalue weighted by molar-refractivity contribution is 6.30. The molecule has 1 unspecified atom stereocenters. The molecule has 0 spiro atoms. The van der Waals surface area contributed by atoms with Gasteiger partial charge in [0.05, 0.1) is 25.5 Å². The van der Waals surface area contributed by atoms with Crippen LogP contribution in [0.5, 0.6) is 5.75 Å². The highest BCUT2D eigenvalue weighted by Gasteiger charge is 2.27. The van der Waals surface area contributed by atoms with Gasteiger partial charge in [-0.15, -0.1) is 0 Å². The van der Waals surface area contributed by atoms with Crippen molar-refractivity contribution in [3.63, 3.8) is 0 Å². The van der Waals surface area contributed by atoms with Gasteiger partial charge < -0.3 is 14.4 Å². The maximum atomic E-state index is 12.7. The number of morpholine rings is 1. The number of H-pyrrole nitrogens is 1. The van der Waals surface area contributed by atoms with Crippen molar-refractivity contribution in [2.75, 3.05) is 26.3 Å². The number of aromatic amines is 1. The van der Waals surface area contributed by atoms with Gasteiger partial charge in [0.15, 0.2) is 0 Å². The lowest BCUT2D eigenvalue weighted by molar-refractivity contribution is -0.0247. The van der Waals surface area contributed by atoms with Crippen molar-refractivity contribution in [3.05, 3.63) is 76.8 Å². The molecule has 1 fully saturated rings. The molecule has 3 aromatic rings. The molecule has 0 saturated carbocycles. The third kappa shape index (κ3) is 4.93. The van der Waals surface area contributed by atoms with Gasteiger partial charge in [-0.1, -0.05) is 11.6 Å². The smallest absolute Gasteiger partial charge is 0.254 e. The number of nitrogens with one attached hydrogen (secondary N) is 1. The lowest BCUT2D eigenvalue weighted by atomic mass is 10.1. The molecule has 0 aliphatic carbocycles. The quantitative estimate of drug-likeness (QED) is 0.672. The van der Waals surface area contributed by atoms with Crippen LogP contribution in [0.3, 0.4) is 0 Å². The van der Waals surface area contributed by atoms with E-state index in [-0.39, 0.29) is 12.0 Å². The molecular weight excluding hydrogens is 392 g/mol. The van der Waals surface area contributed by atoms with Crippen LogP contribution in [0.25, 0.3) is 0 Å². The molecule has 29 heavy (non-hydrogen) atoms. The van der Waals surface area contributed by atoms with Crippen LogP contribution in [-0.4, -0.2) is 52.3 Å². The lowest BCUT2D eigenvalue weighted by Gasteiger charge is -2.32. The summed E-state index contributed by atoms with van der Waals surface area (Å²) in [6.07, 6.45) is 3.67. The second-order valence-electron chi connectivity index (χ2n) is 6.72. The van der Waals surface area contributed by atoms with Gasteiger partial charge in [-0.05, 0) is 42.5 Å². The Labute approximate surface area is 173 Å². The van der Waals surface area contributed by atoms with Gasteiger partial charge in [0.25, 0.3) is 5.91 Å². The second kappa shape index (κ2) is 9.07. The third-order valence-corrected chi connectivity index (χ3v) is 4.97. The van der Waals surface area contributed by atoms with Crippen LogP contribution in [-0.2, 0) is 11.2 Å². The zero-order valence-electron chi connectivity index (χ0n) is 15.8. The molecule has 4 rings (SSSR count). The molecule has 1 aliphatic rings. The first-order chi connectivity index (χ1) is 14.2. The molecule has 150 valence electrons. The van der Waals surface area contributed by atoms with Gasteiger partial charge in [0.2, 0.25) is 0 Å². The average molecular weight is 413 g/mol. The zero-order valence-corrected chi connectivity index (χ0v) is 16.5. The normalized spacial score (nSPS) is 16.6. The van der Waals surface area contributed by atoms with E-state index in [1.54, 1.807) is 41.6 Å². The van der Waals surface area contributed by atoms with Gasteiger partial charge in [-0.25, -0.2) is 0 Å². The molecule has 3 heterocycles. The zero-order chi connectivity index (χ0) is 20.1. The van der Waals surface area contributed by atoms with Crippen molar-refractivity contribution in [1.29, 1.82) is 0 Å². The topological polar surface area (TPSA) is 80.3 Å². The van der Waals surface area contributed by atoms with Crippen LogP contribution in [0.1, 0.15) is 27.8 Å². The number of ether oxygens (including phenoxy) is 2. The molecule has 1 N–H and O–H groups in total. The van der Waals surface area contributed by atoms with E-state index in [9.17, 15) is 4.79 Å². The number of amides is 1. The van der Waals surface area contributed by atoms with E-state index in [1.165, 1.54) is 0 Å². The largest absolute Gasteiger partial charge is 0.493 e. The lowest BCUT2D eigenvalue weighted by Crippen LogP contribution is -2.42. The summed E-state index contributed by atoms with van der Waals surface area (Å²) in [6.45, 7) is 2.02. The molecule has 7 nitrogen and oxygen atoms in total. The number of nitrogens with zero attached hydrogens (tertiary/aromatic N) is 3. The first-order valence-electron chi connectivity index (χ1n) is 9.42. The van der Waals surface area contributed by atoms with Crippen LogP contribution >= 0.6 is 11.6 Å². The number of benzene rings is 1. The molecule has 1 amide bonds. The van der Waals surface area contributed by atoms with E-state index in [4.69, 9.17) is 21.1 Å². The number of carbonyl (C=O) groups is 1. The Morgan fingerprint density at radius 2 is 2.03 bits per heavy atom. The Hall–Kier alpha value is -2.90. The fraction of sp³-hybridized carbons (Fsp3) is 0.286. The SMILES string of the molecule is O=C(c1ccncc1)N1CCOC(c2cc(CCOc3ccc(Cl)cc3)[nH]n2)C1. The average Bonchev–Trinajstić information content (AvgIpc) is 3.24. The summed E-state index contributed by atoms with van der Waals surface area (Å²) < 4.78 is 11.6. The van der Waals surface area contributed by atoms with Gasteiger partial charge in [0, 0.05) is 41.6 Å². The van der Waals surface area contributed by atoms with Gasteiger partial charge in [0.1, 0.15) is 11.9 Å². The van der Waals surface area contributed by atoms with Crippen molar-refractivity contribution in [3.8, 4) is 5.75 Å². The molecule has 1 atom stereocenters. The summed E-state index contributed by atoms with van der Waals surface area (Å²) >= 11 is 5.87. The predicted octanol–water partition coefficient (Wildman–Crippen LogP) is 3.29. The highest BCUT2D eigenvalue weighted by Crippen LogP contribution is 2.23. The highest BCUT2D eigenvalue weighted by atomic mass is 35.5. The van der Waals surface area contributed by atoms with Gasteiger partial charge in [-0.3, -0.25) is 14.9 Å². The first-order valence-corrected chi connectivity index (χ1v) is 9.80. The predicted molar refractivity (Wildman–Crippen MR) is 108 cm³/mol. The summed E-state index contributed by atoms with van der Waals surface area (Å²) in [4.78, 5) is 18.4. The number of pyridine rings is 1. The van der Waals surface area contributed by atoms with Crippen LogP contribution in [0, 0.1) is 0 Å². The molecule has 1 aliphatic heterocycles. The second-order valence-corrected chi connectivity index (χ2v) is 7.15. The van der Waals surface area contributed by atoms with E-state index in [1.807, 2.05) is 18.2 Å². The van der Waals surface area contributed by atoms with Crippen molar-refractivity contribution in [2.45, 2.75) is 12.5 Å². The minimum Gasteiger partial charge on any atom is -0.493 e. The van der Waals surface area contributed by atoms with E-state index >= 15 is 0 Å². The fourth-order valence-corrected chi connectivity index (χ4v) is 3.30. The summed E-state index contributed by atoms with van der Waals surface area (Å²) in [6, 6.07) is 12.7. The summed E-state index contributed by atoms with van der Waals surface area (Å²) in [7, 11) is 0. The minimum atomic E-state index is -0.253. The van der Waals surface area contributed by atoms with E-state index in [0.29, 0.717) is 43.3 Å². The monoisotopic (exact) mass is 412 g/mol. The number of halogens is 1. The Balaban J connectivity index is 1.32. The third-order valence-electron chi connectivity index (χ3n) is 4.72. The standard InChI is InChI=1S/C21H21ClN4O3/c22-16-1-3-18(4-2-16)28-11-7-17-13-19(25-24-17)20-14-26(10-12-29-20)21(27)15-5-8-23-9-6-15/h1-6,8-9,13,20H,7,10-12,14H2,(H,24,25). The van der Waals surface area contributed by atoms with Crippen molar-refractivity contribution in [1.82, 2.24) is 20.1 Å². The van der Waals surface area contributed by atoms with E-state index < -0.39 is 0 Å². The fourth-order valence-electron chi connectivity index (χ4n) is 3.17. The van der Waals surface area contributed by atoms with Crippen molar-refractivity contribution in [2.24, 2.45) is 0 Å². The number of carbonyl (C=O) groups excluding carboxylic acids is 1. The molecule has 2 aromatic heterocycles. The Kier molecular flexibility index (Phi) is 6.07. The molecule has 1 aromatic carbocycles. The molecule has 1 saturated heterocycles. The van der Waals surface area contributed by atoms with E-state index in [0.717, 1.165) is 17.1 Å². The Morgan fingerprint density at radius 1 is 1.24 bits per heavy atom. The maximum absolute atomic E-state index is 12.7. The van der Waals surface area contributed by atoms with Crippen LogP contribution in [0.2, 0.25) is 5.02 Å². The van der Waals surface area contributed by atoms with Crippen LogP contribution in [0.4, 0.5) is 0 Å². The molecule has 0 radical (unpaired) electrons. The Bertz CT molecular complexity index is 946. The maximum Gasteiger partial charge on any atom is 0.254 e. The molecule has 8 heteroatoms. The number of aromatic nitrogens is 3. The number of rotatable bonds is 6. The van der Waals surface area contributed by atoms with Gasteiger partial charge in [-0.2, -0.15) is 5.10 Å². The number of hydrogen-bond acceptors (Lipinski definition) is 5. The minimum absolute atomic E-state index is 0.0205. The summed E-state index contributed by atoms with van der Waals surface area (Å²) in [5, 5.41) is 8.08. The van der Waals surface area contributed by atoms with Crippen molar-refractivity contribution >= 4 is 17.5 Å². The van der Waals surface area contributed by atoms with Crippen LogP contribution < -0.4 is 4.74 Å². The molecular formula is C21H21ClN4O3. The summed E-state index contributed by atoms with van der Waals surface area (Å²) in [5.41, 5.74) is 2.37. The van der Waals surface area contributed by atoms with Crippen LogP contribution in [0.15, 0.2) is 54.9 Å².